The van der Waals surface area contributed by atoms with Crippen LogP contribution < -0.4 is 10.1 Å². The molecule has 0 bridgehead atoms. The molecule has 4 heterocycles. The Morgan fingerprint density at radius 1 is 1.38 bits per heavy atom. The maximum atomic E-state index is 15.0. The molecule has 0 saturated carbocycles. The highest BCUT2D eigenvalue weighted by Crippen LogP contribution is 2.27. The fraction of sp³-hybridized carbons (Fsp3) is 0.524. The van der Waals surface area contributed by atoms with Crippen LogP contribution in [0, 0.1) is 11.3 Å². The van der Waals surface area contributed by atoms with Gasteiger partial charge in [0.05, 0.1) is 25.5 Å². The normalized spacial score (nSPS) is 28.1. The summed E-state index contributed by atoms with van der Waals surface area (Å²) in [6.07, 6.45) is 1.02. The Morgan fingerprint density at radius 3 is 2.88 bits per heavy atom. The number of ether oxygens (including phenoxy) is 2. The number of rotatable bonds is 6. The summed E-state index contributed by atoms with van der Waals surface area (Å²) in [7, 11) is -3.90. The van der Waals surface area contributed by atoms with Crippen LogP contribution in [0.2, 0.25) is 0 Å². The third kappa shape index (κ3) is 5.10. The Hall–Kier alpha value is -2.92. The quantitative estimate of drug-likeness (QED) is 0.594. The van der Waals surface area contributed by atoms with Crippen LogP contribution in [0.5, 0.6) is 5.88 Å². The first-order chi connectivity index (χ1) is 16.2. The number of alkyl halides is 1. The number of nitrogens with one attached hydrogen (secondary N) is 1. The van der Waals surface area contributed by atoms with Crippen molar-refractivity contribution in [1.82, 2.24) is 19.3 Å². The molecular formula is C21H25FN6O5S. The van der Waals surface area contributed by atoms with Crippen molar-refractivity contribution in [2.45, 2.75) is 48.7 Å². The van der Waals surface area contributed by atoms with Crippen molar-refractivity contribution in [2.75, 3.05) is 31.6 Å². The van der Waals surface area contributed by atoms with Crippen molar-refractivity contribution in [2.24, 2.45) is 0 Å². The van der Waals surface area contributed by atoms with Crippen LogP contribution in [0.3, 0.4) is 0 Å². The van der Waals surface area contributed by atoms with Crippen LogP contribution in [-0.4, -0.2) is 83.0 Å². The van der Waals surface area contributed by atoms with Crippen LogP contribution in [0.1, 0.15) is 25.3 Å². The van der Waals surface area contributed by atoms with Crippen molar-refractivity contribution in [3.63, 3.8) is 0 Å². The third-order valence-corrected chi connectivity index (χ3v) is 7.58. The lowest BCUT2D eigenvalue weighted by atomic mass is 9.95. The molecule has 0 aliphatic carbocycles. The van der Waals surface area contributed by atoms with Gasteiger partial charge in [-0.1, -0.05) is 6.07 Å². The first-order valence-electron chi connectivity index (χ1n) is 10.8. The van der Waals surface area contributed by atoms with Gasteiger partial charge in [-0.05, 0) is 25.5 Å². The molecule has 2 aromatic rings. The van der Waals surface area contributed by atoms with E-state index in [-0.39, 0.29) is 48.5 Å². The molecule has 0 amide bonds. The van der Waals surface area contributed by atoms with E-state index in [1.807, 2.05) is 6.07 Å². The summed E-state index contributed by atoms with van der Waals surface area (Å²) in [5.74, 6) is 0.00661. The van der Waals surface area contributed by atoms with Gasteiger partial charge in [0.15, 0.2) is 5.03 Å². The Bertz CT molecular complexity index is 1160. The molecule has 0 radical (unpaired) electrons. The molecule has 2 aromatic heterocycles. The molecule has 34 heavy (non-hydrogen) atoms. The van der Waals surface area contributed by atoms with E-state index in [1.54, 1.807) is 19.1 Å². The minimum absolute atomic E-state index is 0.0299. The largest absolute Gasteiger partial charge is 0.470 e. The van der Waals surface area contributed by atoms with Crippen molar-refractivity contribution in [3.8, 4) is 11.9 Å². The van der Waals surface area contributed by atoms with Crippen LogP contribution in [0.25, 0.3) is 0 Å². The summed E-state index contributed by atoms with van der Waals surface area (Å²) in [5.41, 5.74) is -1.19. The van der Waals surface area contributed by atoms with Gasteiger partial charge in [-0.3, -0.25) is 0 Å². The van der Waals surface area contributed by atoms with E-state index >= 15 is 0 Å². The summed E-state index contributed by atoms with van der Waals surface area (Å²) >= 11 is 0. The number of halogens is 1. The summed E-state index contributed by atoms with van der Waals surface area (Å²) in [6, 6.07) is 5.73. The summed E-state index contributed by atoms with van der Waals surface area (Å²) in [6.45, 7) is 1.79. The van der Waals surface area contributed by atoms with Gasteiger partial charge in [0, 0.05) is 25.7 Å². The zero-order valence-electron chi connectivity index (χ0n) is 18.5. The molecule has 13 heteroatoms. The number of hydrogen-bond acceptors (Lipinski definition) is 10. The topological polar surface area (TPSA) is 151 Å². The lowest BCUT2D eigenvalue weighted by Crippen LogP contribution is -2.51. The molecule has 4 rings (SSSR count). The monoisotopic (exact) mass is 492 g/mol. The fourth-order valence-electron chi connectivity index (χ4n) is 3.85. The Labute approximate surface area is 196 Å². The van der Waals surface area contributed by atoms with Gasteiger partial charge in [-0.2, -0.15) is 14.6 Å². The molecular weight excluding hydrogens is 467 g/mol. The van der Waals surface area contributed by atoms with Crippen molar-refractivity contribution in [3.05, 3.63) is 36.2 Å². The van der Waals surface area contributed by atoms with Crippen LogP contribution in [0.4, 0.5) is 10.3 Å². The number of nitriles is 1. The first-order valence-corrected chi connectivity index (χ1v) is 12.2. The number of pyridine rings is 1. The number of aliphatic hydroxyl groups is 1. The number of piperidine rings is 1. The molecule has 2 saturated heterocycles. The second-order valence-corrected chi connectivity index (χ2v) is 10.3. The van der Waals surface area contributed by atoms with Crippen molar-refractivity contribution >= 4 is 16.0 Å². The molecule has 4 atom stereocenters. The van der Waals surface area contributed by atoms with Gasteiger partial charge in [0.2, 0.25) is 11.8 Å². The number of nitrogens with zero attached hydrogens (tertiary/aromatic N) is 5. The van der Waals surface area contributed by atoms with Gasteiger partial charge in [0.1, 0.15) is 29.5 Å². The predicted molar refractivity (Wildman–Crippen MR) is 117 cm³/mol. The number of hydrogen-bond donors (Lipinski definition) is 2. The highest BCUT2D eigenvalue weighted by atomic mass is 32.2. The standard InChI is InChI=1S/C21H25FN6O5S/c1-21(29)13-32-9-6-17(21)33-19-14(10-23)11-25-20(27-19)26-16-5-8-28(12-15(16)22)34(30,31)18-4-2-3-7-24-18/h2-4,7,11,15-17,29H,5-6,8-9,12-13H2,1H3,(H,25,26,27)/t15-,16+,17?,21?/m1/s1. The number of anilines is 1. The molecule has 2 N–H and O–H groups in total. The first kappa shape index (κ1) is 24.2. The molecule has 0 aromatic carbocycles. The van der Waals surface area contributed by atoms with E-state index < -0.39 is 33.9 Å². The number of aromatic nitrogens is 3. The smallest absolute Gasteiger partial charge is 0.260 e. The lowest BCUT2D eigenvalue weighted by molar-refractivity contribution is -0.139. The summed E-state index contributed by atoms with van der Waals surface area (Å²) in [4.78, 5) is 12.2. The highest BCUT2D eigenvalue weighted by molar-refractivity contribution is 7.89. The maximum absolute atomic E-state index is 15.0. The fourth-order valence-corrected chi connectivity index (χ4v) is 5.25. The van der Waals surface area contributed by atoms with Crippen molar-refractivity contribution in [1.29, 1.82) is 5.26 Å². The molecule has 2 unspecified atom stereocenters. The molecule has 11 nitrogen and oxygen atoms in total. The van der Waals surface area contributed by atoms with Gasteiger partial charge < -0.3 is 19.9 Å². The third-order valence-electron chi connectivity index (χ3n) is 5.80. The SMILES string of the molecule is CC1(O)COCCC1Oc1nc(N[C@H]2CCN(S(=O)(=O)c3ccccn3)C[C@H]2F)ncc1C#N. The van der Waals surface area contributed by atoms with E-state index in [4.69, 9.17) is 9.47 Å². The minimum Gasteiger partial charge on any atom is -0.470 e. The highest BCUT2D eigenvalue weighted by Gasteiger charge is 2.39. The molecule has 2 aliphatic rings. The average molecular weight is 493 g/mol. The van der Waals surface area contributed by atoms with Crippen LogP contribution in [-0.2, 0) is 14.8 Å². The van der Waals surface area contributed by atoms with Crippen LogP contribution >= 0.6 is 0 Å². The van der Waals surface area contributed by atoms with Gasteiger partial charge >= 0.3 is 0 Å². The number of sulfonamides is 1. The van der Waals surface area contributed by atoms with Gasteiger partial charge in [-0.15, -0.1) is 0 Å². The Balaban J connectivity index is 1.45. The van der Waals surface area contributed by atoms with Gasteiger partial charge in [-0.25, -0.2) is 22.8 Å². The molecule has 2 fully saturated rings. The minimum atomic E-state index is -3.90. The van der Waals surface area contributed by atoms with E-state index in [2.05, 4.69) is 20.3 Å². The molecule has 182 valence electrons. The summed E-state index contributed by atoms with van der Waals surface area (Å²) < 4.78 is 52.6. The average Bonchev–Trinajstić information content (AvgIpc) is 2.82. The second-order valence-electron chi connectivity index (χ2n) is 8.42. The van der Waals surface area contributed by atoms with E-state index in [0.29, 0.717) is 13.0 Å². The van der Waals surface area contributed by atoms with E-state index in [0.717, 1.165) is 4.31 Å². The summed E-state index contributed by atoms with van der Waals surface area (Å²) in [5, 5.41) is 22.6. The molecule has 0 spiro atoms. The predicted octanol–water partition coefficient (Wildman–Crippen LogP) is 0.875. The van der Waals surface area contributed by atoms with E-state index in [1.165, 1.54) is 18.5 Å². The zero-order chi connectivity index (χ0) is 24.3. The Kier molecular flexibility index (Phi) is 6.94. The lowest BCUT2D eigenvalue weighted by Gasteiger charge is -2.36. The molecule has 2 aliphatic heterocycles. The Morgan fingerprint density at radius 2 is 2.21 bits per heavy atom. The van der Waals surface area contributed by atoms with Crippen molar-refractivity contribution < 1.29 is 27.4 Å². The van der Waals surface area contributed by atoms with E-state index in [9.17, 15) is 23.2 Å². The van der Waals surface area contributed by atoms with Gasteiger partial charge in [0.25, 0.3) is 10.0 Å². The second kappa shape index (κ2) is 9.75. The van der Waals surface area contributed by atoms with Crippen LogP contribution in [0.15, 0.2) is 35.6 Å². The maximum Gasteiger partial charge on any atom is 0.260 e. The zero-order valence-corrected chi connectivity index (χ0v) is 19.3.